The van der Waals surface area contributed by atoms with E-state index in [1.165, 1.54) is 24.5 Å². The lowest BCUT2D eigenvalue weighted by molar-refractivity contribution is 0.588. The summed E-state index contributed by atoms with van der Waals surface area (Å²) < 4.78 is 26.2. The molecule has 0 saturated carbocycles. The molecule has 0 fully saturated rings. The van der Waals surface area contributed by atoms with Crippen molar-refractivity contribution in [2.75, 3.05) is 0 Å². The second-order valence-corrected chi connectivity index (χ2v) is 5.96. The predicted octanol–water partition coefficient (Wildman–Crippen LogP) is 2.82. The van der Waals surface area contributed by atoms with Crippen LogP contribution in [0, 0.1) is 6.57 Å². The van der Waals surface area contributed by atoms with Crippen LogP contribution in [-0.4, -0.2) is 17.4 Å². The van der Waals surface area contributed by atoms with E-state index in [2.05, 4.69) is 9.83 Å². The smallest absolute Gasteiger partial charge is 0.238 e. The van der Waals surface area contributed by atoms with Crippen LogP contribution in [0.4, 0.5) is 5.69 Å². The molecule has 1 aromatic heterocycles. The third-order valence-electron chi connectivity index (χ3n) is 2.93. The quantitative estimate of drug-likeness (QED) is 0.679. The summed E-state index contributed by atoms with van der Waals surface area (Å²) in [5.41, 5.74) is 1.32. The van der Waals surface area contributed by atoms with Crippen molar-refractivity contribution in [1.82, 2.24) is 8.96 Å². The molecule has 0 spiro atoms. The number of imidazole rings is 1. The third kappa shape index (κ3) is 1.85. The zero-order valence-corrected chi connectivity index (χ0v) is 11.1. The predicted molar refractivity (Wildman–Crippen MR) is 75.0 cm³/mol. The maximum atomic E-state index is 12.6. The summed E-state index contributed by atoms with van der Waals surface area (Å²) in [6, 6.07) is 12.9. The summed E-state index contributed by atoms with van der Waals surface area (Å²) in [6.45, 7) is 7.01. The van der Waals surface area contributed by atoms with Crippen LogP contribution in [0.15, 0.2) is 59.8 Å². The monoisotopic (exact) mass is 283 g/mol. The molecule has 0 atom stereocenters. The number of fused-ring (bicyclic) bond motifs is 1. The van der Waals surface area contributed by atoms with Crippen molar-refractivity contribution < 1.29 is 8.42 Å². The van der Waals surface area contributed by atoms with E-state index in [1.807, 2.05) is 0 Å². The molecule has 5 nitrogen and oxygen atoms in total. The van der Waals surface area contributed by atoms with E-state index < -0.39 is 10.0 Å². The van der Waals surface area contributed by atoms with E-state index in [0.717, 1.165) is 3.97 Å². The summed E-state index contributed by atoms with van der Waals surface area (Å²) in [4.78, 5) is 7.56. The molecule has 0 amide bonds. The van der Waals surface area contributed by atoms with Gasteiger partial charge in [0.15, 0.2) is 5.69 Å². The highest BCUT2D eigenvalue weighted by atomic mass is 32.2. The first-order chi connectivity index (χ1) is 9.63. The second kappa shape index (κ2) is 4.47. The van der Waals surface area contributed by atoms with Crippen molar-refractivity contribution >= 4 is 26.7 Å². The van der Waals surface area contributed by atoms with Gasteiger partial charge in [-0.15, -0.1) is 0 Å². The SMILES string of the molecule is [C-]#[N+]c1ccc2ncn(S(=O)(=O)c3ccccc3)c2c1. The Hall–Kier alpha value is -2.65. The molecule has 6 heteroatoms. The van der Waals surface area contributed by atoms with Crippen molar-refractivity contribution in [2.45, 2.75) is 4.90 Å². The molecule has 98 valence electrons. The van der Waals surface area contributed by atoms with E-state index in [4.69, 9.17) is 6.57 Å². The van der Waals surface area contributed by atoms with Crippen molar-refractivity contribution in [3.05, 3.63) is 66.3 Å². The summed E-state index contributed by atoms with van der Waals surface area (Å²) in [5.74, 6) is 0. The second-order valence-electron chi connectivity index (χ2n) is 4.14. The van der Waals surface area contributed by atoms with Crippen LogP contribution in [0.5, 0.6) is 0 Å². The molecule has 0 aliphatic rings. The van der Waals surface area contributed by atoms with Gasteiger partial charge in [0.2, 0.25) is 0 Å². The lowest BCUT2D eigenvalue weighted by Gasteiger charge is -2.06. The van der Waals surface area contributed by atoms with Crippen LogP contribution in [0.1, 0.15) is 0 Å². The fourth-order valence-corrected chi connectivity index (χ4v) is 3.25. The van der Waals surface area contributed by atoms with E-state index >= 15 is 0 Å². The van der Waals surface area contributed by atoms with Gasteiger partial charge in [-0.1, -0.05) is 24.3 Å². The highest BCUT2D eigenvalue weighted by Gasteiger charge is 2.19. The standard InChI is InChI=1S/C14H9N3O2S/c1-15-11-7-8-13-14(9-11)17(10-16-13)20(18,19)12-5-3-2-4-6-12/h2-10H. The largest absolute Gasteiger partial charge is 0.269 e. The lowest BCUT2D eigenvalue weighted by Crippen LogP contribution is -2.11. The van der Waals surface area contributed by atoms with E-state index in [-0.39, 0.29) is 4.90 Å². The Balaban J connectivity index is 2.28. The molecule has 0 saturated heterocycles. The van der Waals surface area contributed by atoms with Gasteiger partial charge in [-0.3, -0.25) is 0 Å². The van der Waals surface area contributed by atoms with Crippen LogP contribution in [0.25, 0.3) is 15.9 Å². The molecule has 0 unspecified atom stereocenters. The van der Waals surface area contributed by atoms with Crippen LogP contribution >= 0.6 is 0 Å². The minimum absolute atomic E-state index is 0.188. The maximum absolute atomic E-state index is 12.6. The number of benzene rings is 2. The average Bonchev–Trinajstić information content (AvgIpc) is 2.91. The number of nitrogens with zero attached hydrogens (tertiary/aromatic N) is 3. The van der Waals surface area contributed by atoms with Gasteiger partial charge < -0.3 is 0 Å². The molecule has 0 aliphatic carbocycles. The Morgan fingerprint density at radius 1 is 1.10 bits per heavy atom. The molecule has 20 heavy (non-hydrogen) atoms. The zero-order valence-electron chi connectivity index (χ0n) is 10.3. The minimum atomic E-state index is -3.70. The Labute approximate surface area is 116 Å². The zero-order chi connectivity index (χ0) is 14.2. The fraction of sp³-hybridized carbons (Fsp3) is 0. The number of aromatic nitrogens is 2. The van der Waals surface area contributed by atoms with Gasteiger partial charge in [-0.2, -0.15) is 0 Å². The first-order valence-electron chi connectivity index (χ1n) is 5.78. The Morgan fingerprint density at radius 3 is 2.55 bits per heavy atom. The first kappa shape index (κ1) is 12.4. The summed E-state index contributed by atoms with van der Waals surface area (Å²) >= 11 is 0. The molecular weight excluding hydrogens is 274 g/mol. The third-order valence-corrected chi connectivity index (χ3v) is 4.60. The molecule has 3 rings (SSSR count). The van der Waals surface area contributed by atoms with E-state index in [0.29, 0.717) is 16.7 Å². The van der Waals surface area contributed by atoms with E-state index in [1.54, 1.807) is 30.3 Å². The topological polar surface area (TPSA) is 56.3 Å². The highest BCUT2D eigenvalue weighted by Crippen LogP contribution is 2.24. The normalized spacial score (nSPS) is 11.3. The Morgan fingerprint density at radius 2 is 1.85 bits per heavy atom. The first-order valence-corrected chi connectivity index (χ1v) is 7.22. The molecule has 1 heterocycles. The highest BCUT2D eigenvalue weighted by molar-refractivity contribution is 7.90. The van der Waals surface area contributed by atoms with Gasteiger partial charge in [-0.25, -0.2) is 22.2 Å². The lowest BCUT2D eigenvalue weighted by atomic mass is 10.3. The molecule has 0 bridgehead atoms. The van der Waals surface area contributed by atoms with Crippen LogP contribution < -0.4 is 0 Å². The van der Waals surface area contributed by atoms with Crippen molar-refractivity contribution in [1.29, 1.82) is 0 Å². The van der Waals surface area contributed by atoms with Gasteiger partial charge in [0.1, 0.15) is 6.33 Å². The van der Waals surface area contributed by atoms with Gasteiger partial charge in [0.25, 0.3) is 10.0 Å². The Kier molecular flexibility index (Phi) is 2.77. The van der Waals surface area contributed by atoms with E-state index in [9.17, 15) is 8.42 Å². The molecular formula is C14H9N3O2S. The number of rotatable bonds is 2. The van der Waals surface area contributed by atoms with Crippen molar-refractivity contribution in [2.24, 2.45) is 0 Å². The molecule has 0 N–H and O–H groups in total. The number of hydrogen-bond acceptors (Lipinski definition) is 3. The maximum Gasteiger partial charge on any atom is 0.269 e. The van der Waals surface area contributed by atoms with Gasteiger partial charge in [-0.05, 0) is 24.3 Å². The number of hydrogen-bond donors (Lipinski definition) is 0. The molecule has 2 aromatic carbocycles. The van der Waals surface area contributed by atoms with Gasteiger partial charge >= 0.3 is 0 Å². The van der Waals surface area contributed by atoms with Crippen LogP contribution in [-0.2, 0) is 10.0 Å². The van der Waals surface area contributed by atoms with Crippen molar-refractivity contribution in [3.63, 3.8) is 0 Å². The average molecular weight is 283 g/mol. The molecule has 3 aromatic rings. The molecule has 0 aliphatic heterocycles. The fourth-order valence-electron chi connectivity index (χ4n) is 1.94. The van der Waals surface area contributed by atoms with Crippen LogP contribution in [0.2, 0.25) is 0 Å². The van der Waals surface area contributed by atoms with Crippen LogP contribution in [0.3, 0.4) is 0 Å². The molecule has 0 radical (unpaired) electrons. The Bertz CT molecular complexity index is 922. The van der Waals surface area contributed by atoms with Crippen molar-refractivity contribution in [3.8, 4) is 0 Å². The van der Waals surface area contributed by atoms with Gasteiger partial charge in [0.05, 0.1) is 22.5 Å². The van der Waals surface area contributed by atoms with Gasteiger partial charge in [0, 0.05) is 0 Å². The summed E-state index contributed by atoms with van der Waals surface area (Å²) in [7, 11) is -3.70. The summed E-state index contributed by atoms with van der Waals surface area (Å²) in [5, 5.41) is 0. The summed E-state index contributed by atoms with van der Waals surface area (Å²) in [6.07, 6.45) is 1.26. The minimum Gasteiger partial charge on any atom is -0.238 e.